The molecule has 2 N–H and O–H groups in total. The topological polar surface area (TPSA) is 66.4 Å². The van der Waals surface area contributed by atoms with Crippen molar-refractivity contribution >= 4 is 10.1 Å². The minimum atomic E-state index is -4.19. The number of hydrogen-bond acceptors (Lipinski definition) is 3. The molecule has 0 spiro atoms. The Morgan fingerprint density at radius 1 is 1.40 bits per heavy atom. The van der Waals surface area contributed by atoms with Gasteiger partial charge in [-0.3, -0.25) is 4.55 Å². The van der Waals surface area contributed by atoms with Gasteiger partial charge in [-0.25, -0.2) is 4.39 Å². The standard InChI is InChI=1S/C9H18FNO3S/c10-9(7-15(12,13)14)6-11-5-8-3-1-2-4-8/h8-9,11H,1-7H2,(H,12,13,14)/t9-/m0/s1. The summed E-state index contributed by atoms with van der Waals surface area (Å²) < 4.78 is 42.1. The molecule has 6 heteroatoms. The zero-order chi connectivity index (χ0) is 11.3. The first-order chi connectivity index (χ1) is 6.97. The zero-order valence-corrected chi connectivity index (χ0v) is 9.47. The highest BCUT2D eigenvalue weighted by Crippen LogP contribution is 2.23. The molecule has 1 aliphatic carbocycles. The van der Waals surface area contributed by atoms with Gasteiger partial charge >= 0.3 is 0 Å². The predicted molar refractivity (Wildman–Crippen MR) is 56.1 cm³/mol. The van der Waals surface area contributed by atoms with Crippen LogP contribution >= 0.6 is 0 Å². The fourth-order valence-corrected chi connectivity index (χ4v) is 2.52. The smallest absolute Gasteiger partial charge is 0.267 e. The quantitative estimate of drug-likeness (QED) is 0.678. The van der Waals surface area contributed by atoms with Crippen LogP contribution in [0, 0.1) is 5.92 Å². The van der Waals surface area contributed by atoms with E-state index in [1.165, 1.54) is 25.7 Å². The number of nitrogens with one attached hydrogen (secondary N) is 1. The lowest BCUT2D eigenvalue weighted by Crippen LogP contribution is -2.32. The summed E-state index contributed by atoms with van der Waals surface area (Å²) in [6.07, 6.45) is 3.28. The van der Waals surface area contributed by atoms with E-state index in [1.54, 1.807) is 0 Å². The molecule has 4 nitrogen and oxygen atoms in total. The van der Waals surface area contributed by atoms with Gasteiger partial charge in [-0.15, -0.1) is 0 Å². The molecule has 0 aromatic heterocycles. The van der Waals surface area contributed by atoms with Crippen molar-refractivity contribution < 1.29 is 17.4 Å². The van der Waals surface area contributed by atoms with Gasteiger partial charge in [-0.05, 0) is 25.3 Å². The molecule has 15 heavy (non-hydrogen) atoms. The minimum absolute atomic E-state index is 0.00368. The van der Waals surface area contributed by atoms with Gasteiger partial charge in [0.1, 0.15) is 11.9 Å². The summed E-state index contributed by atoms with van der Waals surface area (Å²) >= 11 is 0. The van der Waals surface area contributed by atoms with Gasteiger partial charge in [0.25, 0.3) is 10.1 Å². The Hall–Kier alpha value is -0.200. The van der Waals surface area contributed by atoms with Crippen LogP contribution in [0.3, 0.4) is 0 Å². The molecule has 1 aliphatic rings. The van der Waals surface area contributed by atoms with Gasteiger partial charge in [0.05, 0.1) is 0 Å². The summed E-state index contributed by atoms with van der Waals surface area (Å²) in [4.78, 5) is 0. The van der Waals surface area contributed by atoms with Crippen LogP contribution in [0.5, 0.6) is 0 Å². The van der Waals surface area contributed by atoms with E-state index in [2.05, 4.69) is 5.32 Å². The molecule has 0 saturated heterocycles. The van der Waals surface area contributed by atoms with Crippen LogP contribution in [0.15, 0.2) is 0 Å². The Labute approximate surface area is 90.0 Å². The highest BCUT2D eigenvalue weighted by atomic mass is 32.2. The van der Waals surface area contributed by atoms with Crippen molar-refractivity contribution in [3.05, 3.63) is 0 Å². The lowest BCUT2D eigenvalue weighted by atomic mass is 10.1. The monoisotopic (exact) mass is 239 g/mol. The van der Waals surface area contributed by atoms with E-state index >= 15 is 0 Å². The van der Waals surface area contributed by atoms with Crippen molar-refractivity contribution in [2.24, 2.45) is 5.92 Å². The van der Waals surface area contributed by atoms with Crippen LogP contribution in [0.2, 0.25) is 0 Å². The van der Waals surface area contributed by atoms with Crippen molar-refractivity contribution in [2.75, 3.05) is 18.8 Å². The lowest BCUT2D eigenvalue weighted by molar-refractivity contribution is 0.329. The molecule has 0 heterocycles. The van der Waals surface area contributed by atoms with Crippen molar-refractivity contribution in [1.82, 2.24) is 5.32 Å². The number of rotatable bonds is 6. The summed E-state index contributed by atoms with van der Waals surface area (Å²) in [5.41, 5.74) is 0. The fourth-order valence-electron chi connectivity index (χ4n) is 1.95. The average Bonchev–Trinajstić information content (AvgIpc) is 2.53. The van der Waals surface area contributed by atoms with Crippen LogP contribution in [-0.4, -0.2) is 38.0 Å². The number of halogens is 1. The van der Waals surface area contributed by atoms with E-state index in [0.29, 0.717) is 5.92 Å². The van der Waals surface area contributed by atoms with E-state index < -0.39 is 22.0 Å². The Morgan fingerprint density at radius 3 is 2.53 bits per heavy atom. The first kappa shape index (κ1) is 12.9. The molecule has 90 valence electrons. The molecule has 1 saturated carbocycles. The molecule has 0 amide bonds. The molecule has 1 fully saturated rings. The fraction of sp³-hybridized carbons (Fsp3) is 1.00. The highest BCUT2D eigenvalue weighted by molar-refractivity contribution is 7.85. The van der Waals surface area contributed by atoms with Crippen LogP contribution in [0.25, 0.3) is 0 Å². The Kier molecular flexibility index (Phi) is 4.95. The van der Waals surface area contributed by atoms with E-state index in [-0.39, 0.29) is 6.54 Å². The Bertz CT molecular complexity index is 275. The molecule has 0 aromatic rings. The first-order valence-corrected chi connectivity index (χ1v) is 6.88. The molecule has 0 bridgehead atoms. The van der Waals surface area contributed by atoms with Crippen molar-refractivity contribution in [2.45, 2.75) is 31.9 Å². The van der Waals surface area contributed by atoms with Gasteiger partial charge in [0, 0.05) is 6.54 Å². The molecule has 1 rings (SSSR count). The third kappa shape index (κ3) is 6.06. The normalized spacial score (nSPS) is 20.7. The van der Waals surface area contributed by atoms with Crippen LogP contribution in [0.4, 0.5) is 4.39 Å². The summed E-state index contributed by atoms with van der Waals surface area (Å²) in [6, 6.07) is 0. The van der Waals surface area contributed by atoms with E-state index in [4.69, 9.17) is 4.55 Å². The first-order valence-electron chi connectivity index (χ1n) is 5.27. The summed E-state index contributed by atoms with van der Waals surface area (Å²) in [5, 5.41) is 2.90. The molecule has 0 radical (unpaired) electrons. The SMILES string of the molecule is O=S(=O)(O)C[C@@H](F)CNCC1CCCC1. The number of alkyl halides is 1. The van der Waals surface area contributed by atoms with Crippen molar-refractivity contribution in [3.8, 4) is 0 Å². The van der Waals surface area contributed by atoms with E-state index in [9.17, 15) is 12.8 Å². The molecular weight excluding hydrogens is 221 g/mol. The minimum Gasteiger partial charge on any atom is -0.314 e. The largest absolute Gasteiger partial charge is 0.314 e. The maximum Gasteiger partial charge on any atom is 0.267 e. The molecule has 1 atom stereocenters. The molecular formula is C9H18FNO3S. The molecule has 0 aromatic carbocycles. The Balaban J connectivity index is 2.08. The summed E-state index contributed by atoms with van der Waals surface area (Å²) in [5.74, 6) is -0.215. The summed E-state index contributed by atoms with van der Waals surface area (Å²) in [6.45, 7) is 0.738. The third-order valence-corrected chi connectivity index (χ3v) is 3.45. The second-order valence-electron chi connectivity index (χ2n) is 4.15. The second-order valence-corrected chi connectivity index (χ2v) is 5.65. The second kappa shape index (κ2) is 5.77. The Morgan fingerprint density at radius 2 is 2.00 bits per heavy atom. The van der Waals surface area contributed by atoms with Crippen LogP contribution in [-0.2, 0) is 10.1 Å². The maximum absolute atomic E-state index is 13.0. The zero-order valence-electron chi connectivity index (χ0n) is 8.65. The maximum atomic E-state index is 13.0. The van der Waals surface area contributed by atoms with Gasteiger partial charge < -0.3 is 5.32 Å². The van der Waals surface area contributed by atoms with Crippen molar-refractivity contribution in [1.29, 1.82) is 0 Å². The van der Waals surface area contributed by atoms with Gasteiger partial charge in [-0.1, -0.05) is 12.8 Å². The molecule has 0 unspecified atom stereocenters. The van der Waals surface area contributed by atoms with Crippen LogP contribution in [0.1, 0.15) is 25.7 Å². The third-order valence-electron chi connectivity index (χ3n) is 2.67. The van der Waals surface area contributed by atoms with Gasteiger partial charge in [0.2, 0.25) is 0 Å². The number of hydrogen-bond donors (Lipinski definition) is 2. The van der Waals surface area contributed by atoms with Crippen molar-refractivity contribution in [3.63, 3.8) is 0 Å². The average molecular weight is 239 g/mol. The lowest BCUT2D eigenvalue weighted by Gasteiger charge is -2.12. The highest BCUT2D eigenvalue weighted by Gasteiger charge is 2.18. The molecule has 0 aliphatic heterocycles. The predicted octanol–water partition coefficient (Wildman–Crippen LogP) is 0.992. The summed E-state index contributed by atoms with van der Waals surface area (Å²) in [7, 11) is -4.19. The van der Waals surface area contributed by atoms with E-state index in [1.807, 2.05) is 0 Å². The van der Waals surface area contributed by atoms with E-state index in [0.717, 1.165) is 6.54 Å². The van der Waals surface area contributed by atoms with Gasteiger partial charge in [0.15, 0.2) is 0 Å². The van der Waals surface area contributed by atoms with Gasteiger partial charge in [-0.2, -0.15) is 8.42 Å². The van der Waals surface area contributed by atoms with Crippen LogP contribution < -0.4 is 5.32 Å².